The standard InChI is InChI=1S/C23H26N4O4/c1-2-17-4-3-5-21(14-17)26-16-18(15-22(26)28)23(29)25-12-10-24(11-13-25)19-6-8-20(9-7-19)27(30)31/h3-9,14,18H,2,10-13,15-16H2,1H3/t18-/m1/s1. The van der Waals surface area contributed by atoms with Crippen LogP contribution in [-0.2, 0) is 16.0 Å². The number of nitro benzene ring substituents is 1. The summed E-state index contributed by atoms with van der Waals surface area (Å²) in [5.41, 5.74) is 3.01. The van der Waals surface area contributed by atoms with Crippen molar-refractivity contribution >= 4 is 28.9 Å². The summed E-state index contributed by atoms with van der Waals surface area (Å²) in [6.45, 7) is 4.97. The third-order valence-electron chi connectivity index (χ3n) is 6.12. The van der Waals surface area contributed by atoms with Gasteiger partial charge in [-0.3, -0.25) is 19.7 Å². The number of nitro groups is 1. The number of anilines is 2. The van der Waals surface area contributed by atoms with Gasteiger partial charge in [0, 0.05) is 62.7 Å². The molecule has 2 aliphatic rings. The minimum Gasteiger partial charge on any atom is -0.368 e. The fourth-order valence-electron chi connectivity index (χ4n) is 4.30. The molecule has 162 valence electrons. The highest BCUT2D eigenvalue weighted by molar-refractivity contribution is 6.00. The van der Waals surface area contributed by atoms with Crippen molar-refractivity contribution < 1.29 is 14.5 Å². The van der Waals surface area contributed by atoms with Gasteiger partial charge in [-0.1, -0.05) is 19.1 Å². The van der Waals surface area contributed by atoms with E-state index in [1.54, 1.807) is 17.0 Å². The van der Waals surface area contributed by atoms with Gasteiger partial charge in [0.2, 0.25) is 11.8 Å². The lowest BCUT2D eigenvalue weighted by Crippen LogP contribution is -2.50. The molecule has 2 saturated heterocycles. The minimum absolute atomic E-state index is 0.00359. The largest absolute Gasteiger partial charge is 0.368 e. The van der Waals surface area contributed by atoms with Crippen LogP contribution in [0.25, 0.3) is 0 Å². The van der Waals surface area contributed by atoms with E-state index in [9.17, 15) is 19.7 Å². The summed E-state index contributed by atoms with van der Waals surface area (Å²) in [6.07, 6.45) is 1.15. The van der Waals surface area contributed by atoms with Gasteiger partial charge in [0.25, 0.3) is 5.69 Å². The predicted molar refractivity (Wildman–Crippen MR) is 118 cm³/mol. The van der Waals surface area contributed by atoms with Crippen molar-refractivity contribution in [3.05, 3.63) is 64.2 Å². The first-order chi connectivity index (χ1) is 15.0. The van der Waals surface area contributed by atoms with Crippen LogP contribution >= 0.6 is 0 Å². The lowest BCUT2D eigenvalue weighted by Gasteiger charge is -2.37. The van der Waals surface area contributed by atoms with Crippen molar-refractivity contribution in [2.45, 2.75) is 19.8 Å². The molecule has 0 unspecified atom stereocenters. The summed E-state index contributed by atoms with van der Waals surface area (Å²) in [6, 6.07) is 14.4. The Morgan fingerprint density at radius 1 is 1.06 bits per heavy atom. The quantitative estimate of drug-likeness (QED) is 0.546. The number of rotatable bonds is 5. The Kier molecular flexibility index (Phi) is 5.88. The molecule has 2 amide bonds. The zero-order valence-corrected chi connectivity index (χ0v) is 17.6. The molecule has 4 rings (SSSR count). The number of hydrogen-bond donors (Lipinski definition) is 0. The normalized spacial score (nSPS) is 19.1. The molecule has 0 radical (unpaired) electrons. The second kappa shape index (κ2) is 8.75. The number of carbonyl (C=O) groups excluding carboxylic acids is 2. The van der Waals surface area contributed by atoms with Crippen molar-refractivity contribution in [1.29, 1.82) is 0 Å². The number of piperazine rings is 1. The highest BCUT2D eigenvalue weighted by atomic mass is 16.6. The van der Waals surface area contributed by atoms with E-state index >= 15 is 0 Å². The van der Waals surface area contributed by atoms with Crippen LogP contribution in [0.15, 0.2) is 48.5 Å². The van der Waals surface area contributed by atoms with Gasteiger partial charge >= 0.3 is 0 Å². The monoisotopic (exact) mass is 422 g/mol. The average Bonchev–Trinajstić information content (AvgIpc) is 3.20. The number of nitrogens with zero attached hydrogens (tertiary/aromatic N) is 4. The first-order valence-electron chi connectivity index (χ1n) is 10.6. The maximum absolute atomic E-state index is 13.1. The maximum Gasteiger partial charge on any atom is 0.269 e. The fraction of sp³-hybridized carbons (Fsp3) is 0.391. The topological polar surface area (TPSA) is 87.0 Å². The minimum atomic E-state index is -0.412. The second-order valence-corrected chi connectivity index (χ2v) is 8.01. The molecule has 8 heteroatoms. The Morgan fingerprint density at radius 2 is 1.77 bits per heavy atom. The van der Waals surface area contributed by atoms with Crippen LogP contribution in [0, 0.1) is 16.0 Å². The van der Waals surface area contributed by atoms with Crippen molar-refractivity contribution in [2.75, 3.05) is 42.5 Å². The Labute approximate surface area is 181 Å². The van der Waals surface area contributed by atoms with E-state index < -0.39 is 4.92 Å². The van der Waals surface area contributed by atoms with Crippen LogP contribution in [0.3, 0.4) is 0 Å². The molecular formula is C23H26N4O4. The molecule has 0 aliphatic carbocycles. The average molecular weight is 422 g/mol. The van der Waals surface area contributed by atoms with Gasteiger partial charge < -0.3 is 14.7 Å². The van der Waals surface area contributed by atoms with Crippen molar-refractivity contribution in [2.24, 2.45) is 5.92 Å². The number of benzene rings is 2. The van der Waals surface area contributed by atoms with Gasteiger partial charge in [-0.2, -0.15) is 0 Å². The number of non-ortho nitro benzene ring substituents is 1. The van der Waals surface area contributed by atoms with Crippen LogP contribution in [0.1, 0.15) is 18.9 Å². The van der Waals surface area contributed by atoms with Gasteiger partial charge in [0.1, 0.15) is 0 Å². The third kappa shape index (κ3) is 4.38. The molecule has 0 aromatic heterocycles. The van der Waals surface area contributed by atoms with E-state index in [0.29, 0.717) is 32.7 Å². The van der Waals surface area contributed by atoms with Gasteiger partial charge in [-0.25, -0.2) is 0 Å². The smallest absolute Gasteiger partial charge is 0.269 e. The summed E-state index contributed by atoms with van der Waals surface area (Å²) in [5, 5.41) is 10.8. The molecular weight excluding hydrogens is 396 g/mol. The molecule has 2 aromatic carbocycles. The summed E-state index contributed by atoms with van der Waals surface area (Å²) in [5.74, 6) is -0.286. The molecule has 2 heterocycles. The molecule has 8 nitrogen and oxygen atoms in total. The zero-order valence-electron chi connectivity index (χ0n) is 17.6. The lowest BCUT2D eigenvalue weighted by molar-refractivity contribution is -0.384. The molecule has 0 saturated carbocycles. The summed E-state index contributed by atoms with van der Waals surface area (Å²) < 4.78 is 0. The third-order valence-corrected chi connectivity index (χ3v) is 6.12. The summed E-state index contributed by atoms with van der Waals surface area (Å²) >= 11 is 0. The van der Waals surface area contributed by atoms with E-state index in [1.165, 1.54) is 17.7 Å². The van der Waals surface area contributed by atoms with Crippen LogP contribution in [0.2, 0.25) is 0 Å². The summed E-state index contributed by atoms with van der Waals surface area (Å²) in [4.78, 5) is 41.7. The highest BCUT2D eigenvalue weighted by Gasteiger charge is 2.38. The van der Waals surface area contributed by atoms with Crippen molar-refractivity contribution in [3.8, 4) is 0 Å². The van der Waals surface area contributed by atoms with Crippen LogP contribution in [0.5, 0.6) is 0 Å². The lowest BCUT2D eigenvalue weighted by atomic mass is 10.1. The Morgan fingerprint density at radius 3 is 2.42 bits per heavy atom. The van der Waals surface area contributed by atoms with E-state index in [2.05, 4.69) is 11.8 Å². The molecule has 1 atom stereocenters. The maximum atomic E-state index is 13.1. The molecule has 0 spiro atoms. The Balaban J connectivity index is 1.35. The van der Waals surface area contributed by atoms with Gasteiger partial charge in [0.05, 0.1) is 10.8 Å². The first kappa shape index (κ1) is 20.8. The number of aryl methyl sites for hydroxylation is 1. The molecule has 0 N–H and O–H groups in total. The molecule has 0 bridgehead atoms. The Hall–Kier alpha value is -3.42. The fourth-order valence-corrected chi connectivity index (χ4v) is 4.30. The van der Waals surface area contributed by atoms with Crippen LogP contribution < -0.4 is 9.80 Å². The van der Waals surface area contributed by atoms with E-state index in [-0.39, 0.29) is 29.8 Å². The number of carbonyl (C=O) groups is 2. The van der Waals surface area contributed by atoms with Gasteiger partial charge in [-0.05, 0) is 36.2 Å². The molecule has 2 aliphatic heterocycles. The van der Waals surface area contributed by atoms with Crippen LogP contribution in [0.4, 0.5) is 17.1 Å². The van der Waals surface area contributed by atoms with Gasteiger partial charge in [0.15, 0.2) is 0 Å². The zero-order chi connectivity index (χ0) is 22.0. The van der Waals surface area contributed by atoms with Gasteiger partial charge in [-0.15, -0.1) is 0 Å². The number of hydrogen-bond acceptors (Lipinski definition) is 5. The van der Waals surface area contributed by atoms with E-state index in [4.69, 9.17) is 0 Å². The Bertz CT molecular complexity index is 983. The van der Waals surface area contributed by atoms with Crippen LogP contribution in [-0.4, -0.2) is 54.4 Å². The molecule has 31 heavy (non-hydrogen) atoms. The summed E-state index contributed by atoms with van der Waals surface area (Å²) in [7, 11) is 0. The molecule has 2 aromatic rings. The highest BCUT2D eigenvalue weighted by Crippen LogP contribution is 2.28. The predicted octanol–water partition coefficient (Wildman–Crippen LogP) is 2.86. The van der Waals surface area contributed by atoms with Crippen molar-refractivity contribution in [1.82, 2.24) is 4.90 Å². The van der Waals surface area contributed by atoms with E-state index in [0.717, 1.165) is 17.8 Å². The first-order valence-corrected chi connectivity index (χ1v) is 10.6. The number of amides is 2. The van der Waals surface area contributed by atoms with E-state index in [1.807, 2.05) is 29.2 Å². The van der Waals surface area contributed by atoms with Crippen molar-refractivity contribution in [3.63, 3.8) is 0 Å². The molecule has 2 fully saturated rings. The SMILES string of the molecule is CCc1cccc(N2C[C@H](C(=O)N3CCN(c4ccc([N+](=O)[O-])cc4)CC3)CC2=O)c1. The second-order valence-electron chi connectivity index (χ2n) is 8.01.